The van der Waals surface area contributed by atoms with Crippen LogP contribution >= 0.6 is 11.6 Å². The Morgan fingerprint density at radius 3 is 2.75 bits per heavy atom. The molecule has 0 aliphatic heterocycles. The van der Waals surface area contributed by atoms with Crippen LogP contribution in [0.15, 0.2) is 18.2 Å². The van der Waals surface area contributed by atoms with E-state index in [1.807, 2.05) is 19.2 Å². The molecule has 16 heavy (non-hydrogen) atoms. The van der Waals surface area contributed by atoms with Gasteiger partial charge in [-0.2, -0.15) is 0 Å². The Bertz CT molecular complexity index is 507. The third-order valence-corrected chi connectivity index (χ3v) is 3.11. The second-order valence-corrected chi connectivity index (χ2v) is 4.22. The van der Waals surface area contributed by atoms with Crippen LogP contribution in [0.5, 0.6) is 5.75 Å². The lowest BCUT2D eigenvalue weighted by Gasteiger charge is -2.06. The quantitative estimate of drug-likeness (QED) is 0.862. The van der Waals surface area contributed by atoms with Crippen LogP contribution in [-0.2, 0) is 0 Å². The average molecular weight is 239 g/mol. The number of aromatic amines is 1. The maximum absolute atomic E-state index is 6.07. The van der Waals surface area contributed by atoms with Crippen molar-refractivity contribution in [2.45, 2.75) is 13.0 Å². The van der Waals surface area contributed by atoms with Crippen LogP contribution < -0.4 is 10.1 Å². The largest absolute Gasteiger partial charge is 0.495 e. The minimum Gasteiger partial charge on any atom is -0.495 e. The summed E-state index contributed by atoms with van der Waals surface area (Å²) in [6.45, 7) is 2.10. The Hall–Kier alpha value is -1.19. The molecule has 2 aromatic rings. The van der Waals surface area contributed by atoms with E-state index in [0.29, 0.717) is 10.8 Å². The van der Waals surface area contributed by atoms with E-state index in [9.17, 15) is 0 Å². The maximum atomic E-state index is 6.07. The van der Waals surface area contributed by atoms with Gasteiger partial charge in [0.25, 0.3) is 0 Å². The predicted molar refractivity (Wildman–Crippen MR) is 67.3 cm³/mol. The average Bonchev–Trinajstić information content (AvgIpc) is 2.69. The Morgan fingerprint density at radius 2 is 2.12 bits per heavy atom. The highest BCUT2D eigenvalue weighted by Gasteiger charge is 2.09. The first-order valence-electron chi connectivity index (χ1n) is 5.19. The Morgan fingerprint density at radius 1 is 1.38 bits per heavy atom. The zero-order valence-electron chi connectivity index (χ0n) is 9.60. The lowest BCUT2D eigenvalue weighted by molar-refractivity contribution is 0.415. The summed E-state index contributed by atoms with van der Waals surface area (Å²) in [5.74, 6) is 0.705. The third kappa shape index (κ3) is 1.88. The Kier molecular flexibility index (Phi) is 3.08. The molecular formula is C12H15ClN2O. The van der Waals surface area contributed by atoms with Crippen LogP contribution in [0.4, 0.5) is 0 Å². The highest BCUT2D eigenvalue weighted by Crippen LogP contribution is 2.31. The SMILES string of the molecule is CNC(C)c1cc2cc(OC)c(Cl)cc2[nH]1. The van der Waals surface area contributed by atoms with Crippen molar-refractivity contribution in [3.63, 3.8) is 0 Å². The molecule has 1 atom stereocenters. The van der Waals surface area contributed by atoms with Gasteiger partial charge >= 0.3 is 0 Å². The van der Waals surface area contributed by atoms with Crippen molar-refractivity contribution in [3.8, 4) is 5.75 Å². The van der Waals surface area contributed by atoms with E-state index in [1.165, 1.54) is 0 Å². The summed E-state index contributed by atoms with van der Waals surface area (Å²) in [6.07, 6.45) is 0. The third-order valence-electron chi connectivity index (χ3n) is 2.81. The summed E-state index contributed by atoms with van der Waals surface area (Å²) in [4.78, 5) is 3.34. The fraction of sp³-hybridized carbons (Fsp3) is 0.333. The summed E-state index contributed by atoms with van der Waals surface area (Å²) < 4.78 is 5.19. The number of H-pyrrole nitrogens is 1. The Labute approximate surface area is 99.7 Å². The van der Waals surface area contributed by atoms with Gasteiger partial charge in [0.05, 0.1) is 12.1 Å². The van der Waals surface area contributed by atoms with Gasteiger partial charge < -0.3 is 15.0 Å². The van der Waals surface area contributed by atoms with Crippen LogP contribution in [0.1, 0.15) is 18.7 Å². The number of fused-ring (bicyclic) bond motifs is 1. The minimum absolute atomic E-state index is 0.289. The fourth-order valence-electron chi connectivity index (χ4n) is 1.70. The summed E-state index contributed by atoms with van der Waals surface area (Å²) in [5, 5.41) is 4.92. The zero-order chi connectivity index (χ0) is 11.7. The molecule has 0 aliphatic carbocycles. The van der Waals surface area contributed by atoms with Gasteiger partial charge in [0.2, 0.25) is 0 Å². The van der Waals surface area contributed by atoms with Crippen LogP contribution in [0.3, 0.4) is 0 Å². The van der Waals surface area contributed by atoms with Crippen molar-refractivity contribution in [2.24, 2.45) is 0 Å². The molecule has 0 radical (unpaired) electrons. The van der Waals surface area contributed by atoms with Crippen LogP contribution in [0, 0.1) is 0 Å². The summed E-state index contributed by atoms with van der Waals surface area (Å²) >= 11 is 6.07. The monoisotopic (exact) mass is 238 g/mol. The van der Waals surface area contributed by atoms with Gasteiger partial charge in [-0.25, -0.2) is 0 Å². The number of ether oxygens (including phenoxy) is 1. The van der Waals surface area contributed by atoms with Gasteiger partial charge in [-0.15, -0.1) is 0 Å². The molecule has 2 rings (SSSR count). The topological polar surface area (TPSA) is 37.0 Å². The number of methoxy groups -OCH3 is 1. The van der Waals surface area contributed by atoms with Gasteiger partial charge in [-0.3, -0.25) is 0 Å². The molecule has 1 unspecified atom stereocenters. The molecule has 0 aliphatic rings. The van der Waals surface area contributed by atoms with Gasteiger partial charge in [0.15, 0.2) is 0 Å². The normalized spacial score (nSPS) is 13.0. The molecule has 0 saturated heterocycles. The summed E-state index contributed by atoms with van der Waals surface area (Å²) in [6, 6.07) is 6.23. The van der Waals surface area contributed by atoms with E-state index >= 15 is 0 Å². The first-order chi connectivity index (χ1) is 7.65. The molecule has 4 heteroatoms. The summed E-state index contributed by atoms with van der Waals surface area (Å²) in [7, 11) is 3.56. The second-order valence-electron chi connectivity index (χ2n) is 3.81. The highest BCUT2D eigenvalue weighted by atomic mass is 35.5. The van der Waals surface area contributed by atoms with Crippen molar-refractivity contribution in [1.82, 2.24) is 10.3 Å². The molecule has 1 aromatic heterocycles. The molecule has 2 N–H and O–H groups in total. The van der Waals surface area contributed by atoms with Gasteiger partial charge in [-0.05, 0) is 32.2 Å². The van der Waals surface area contributed by atoms with E-state index in [-0.39, 0.29) is 6.04 Å². The van der Waals surface area contributed by atoms with Crippen LogP contribution in [-0.4, -0.2) is 19.1 Å². The molecule has 0 amide bonds. The number of hydrogen-bond donors (Lipinski definition) is 2. The summed E-state index contributed by atoms with van der Waals surface area (Å²) in [5.41, 5.74) is 2.17. The molecule has 1 aromatic carbocycles. The molecule has 1 heterocycles. The van der Waals surface area contributed by atoms with Crippen molar-refractivity contribution in [3.05, 3.63) is 28.9 Å². The number of benzene rings is 1. The van der Waals surface area contributed by atoms with Gasteiger partial charge in [0.1, 0.15) is 5.75 Å². The second kappa shape index (κ2) is 4.36. The molecule has 0 fully saturated rings. The fourth-order valence-corrected chi connectivity index (χ4v) is 1.94. The number of rotatable bonds is 3. The predicted octanol–water partition coefficient (Wildman–Crippen LogP) is 3.11. The first kappa shape index (κ1) is 11.3. The van der Waals surface area contributed by atoms with Crippen molar-refractivity contribution in [1.29, 1.82) is 0 Å². The first-order valence-corrected chi connectivity index (χ1v) is 5.57. The number of aromatic nitrogens is 1. The van der Waals surface area contributed by atoms with E-state index in [2.05, 4.69) is 23.3 Å². The highest BCUT2D eigenvalue weighted by molar-refractivity contribution is 6.32. The smallest absolute Gasteiger partial charge is 0.138 e. The van der Waals surface area contributed by atoms with E-state index < -0.39 is 0 Å². The van der Waals surface area contributed by atoms with Crippen molar-refractivity contribution in [2.75, 3.05) is 14.2 Å². The molecule has 0 saturated carbocycles. The van der Waals surface area contributed by atoms with Crippen molar-refractivity contribution < 1.29 is 4.74 Å². The Balaban J connectivity index is 2.53. The lowest BCUT2D eigenvalue weighted by atomic mass is 10.2. The number of hydrogen-bond acceptors (Lipinski definition) is 2. The van der Waals surface area contributed by atoms with Crippen LogP contribution in [0.2, 0.25) is 5.02 Å². The van der Waals surface area contributed by atoms with Gasteiger partial charge in [-0.1, -0.05) is 11.6 Å². The van der Waals surface area contributed by atoms with E-state index in [4.69, 9.17) is 16.3 Å². The van der Waals surface area contributed by atoms with Crippen LogP contribution in [0.25, 0.3) is 10.9 Å². The zero-order valence-corrected chi connectivity index (χ0v) is 10.4. The van der Waals surface area contributed by atoms with E-state index in [0.717, 1.165) is 16.6 Å². The molecule has 0 bridgehead atoms. The maximum Gasteiger partial charge on any atom is 0.138 e. The number of halogens is 1. The van der Waals surface area contributed by atoms with Crippen molar-refractivity contribution >= 4 is 22.5 Å². The minimum atomic E-state index is 0.289. The molecule has 0 spiro atoms. The number of nitrogens with one attached hydrogen (secondary N) is 2. The molecular weight excluding hydrogens is 224 g/mol. The lowest BCUT2D eigenvalue weighted by Crippen LogP contribution is -2.12. The molecule has 3 nitrogen and oxygen atoms in total. The van der Waals surface area contributed by atoms with E-state index in [1.54, 1.807) is 7.11 Å². The molecule has 86 valence electrons. The standard InChI is InChI=1S/C12H15ClN2O/c1-7(14-2)10-4-8-5-12(16-3)9(13)6-11(8)15-10/h4-7,14-15H,1-3H3. The van der Waals surface area contributed by atoms with Gasteiger partial charge in [0, 0.05) is 22.6 Å².